The molecule has 0 spiro atoms. The summed E-state index contributed by atoms with van der Waals surface area (Å²) in [6.45, 7) is 3.49. The standard InChI is InChI=1S/C19H15F3O5S/c1-3-12-4-6-13(7-5-12)15-10-16-14(11(2)8-18(23)26-16)9-17(15)27-28(24,25)19(20,21)22/h4-10H,3H2,1-2H3. The van der Waals surface area contributed by atoms with Crippen molar-refractivity contribution in [3.63, 3.8) is 0 Å². The number of rotatable bonds is 4. The third kappa shape index (κ3) is 3.75. The number of hydrogen-bond donors (Lipinski definition) is 0. The third-order valence-corrected chi connectivity index (χ3v) is 5.17. The average molecular weight is 412 g/mol. The second kappa shape index (κ2) is 6.97. The molecule has 9 heteroatoms. The van der Waals surface area contributed by atoms with E-state index in [4.69, 9.17) is 4.42 Å². The molecule has 148 valence electrons. The average Bonchev–Trinajstić information content (AvgIpc) is 2.60. The van der Waals surface area contributed by atoms with Gasteiger partial charge in [0.1, 0.15) is 5.58 Å². The van der Waals surface area contributed by atoms with E-state index in [1.165, 1.54) is 6.07 Å². The Labute approximate surface area is 158 Å². The molecule has 0 bridgehead atoms. The van der Waals surface area contributed by atoms with Gasteiger partial charge in [0.2, 0.25) is 0 Å². The van der Waals surface area contributed by atoms with E-state index in [0.29, 0.717) is 11.1 Å². The number of fused-ring (bicyclic) bond motifs is 1. The van der Waals surface area contributed by atoms with E-state index in [1.807, 2.05) is 6.92 Å². The Kier molecular flexibility index (Phi) is 4.97. The molecule has 1 aromatic heterocycles. The number of benzene rings is 2. The van der Waals surface area contributed by atoms with Gasteiger partial charge in [-0.3, -0.25) is 0 Å². The molecule has 5 nitrogen and oxygen atoms in total. The van der Waals surface area contributed by atoms with E-state index < -0.39 is 27.0 Å². The summed E-state index contributed by atoms with van der Waals surface area (Å²) in [6.07, 6.45) is 0.748. The molecule has 0 N–H and O–H groups in total. The molecule has 0 aliphatic heterocycles. The van der Waals surface area contributed by atoms with E-state index in [2.05, 4.69) is 4.18 Å². The van der Waals surface area contributed by atoms with Crippen LogP contribution in [0.4, 0.5) is 13.2 Å². The lowest BCUT2D eigenvalue weighted by Gasteiger charge is -2.15. The summed E-state index contributed by atoms with van der Waals surface area (Å²) in [5.74, 6) is -0.508. The Balaban J connectivity index is 2.28. The smallest absolute Gasteiger partial charge is 0.423 e. The van der Waals surface area contributed by atoms with Gasteiger partial charge < -0.3 is 8.60 Å². The molecule has 0 saturated heterocycles. The van der Waals surface area contributed by atoms with Crippen molar-refractivity contribution in [3.8, 4) is 16.9 Å². The van der Waals surface area contributed by atoms with Crippen LogP contribution in [0.5, 0.6) is 5.75 Å². The molecule has 2 aromatic carbocycles. The van der Waals surface area contributed by atoms with Crippen LogP contribution in [-0.4, -0.2) is 13.9 Å². The Morgan fingerprint density at radius 3 is 2.29 bits per heavy atom. The SMILES string of the molecule is CCc1ccc(-c2cc3oc(=O)cc(C)c3cc2OS(=O)(=O)C(F)(F)F)cc1. The number of hydrogen-bond acceptors (Lipinski definition) is 5. The van der Waals surface area contributed by atoms with Crippen molar-refractivity contribution in [2.75, 3.05) is 0 Å². The summed E-state index contributed by atoms with van der Waals surface area (Å²) >= 11 is 0. The third-order valence-electron chi connectivity index (χ3n) is 4.21. The van der Waals surface area contributed by atoms with E-state index in [9.17, 15) is 26.4 Å². The van der Waals surface area contributed by atoms with Gasteiger partial charge in [0.15, 0.2) is 5.75 Å². The predicted molar refractivity (Wildman–Crippen MR) is 97.6 cm³/mol. The van der Waals surface area contributed by atoms with Crippen LogP contribution in [-0.2, 0) is 16.5 Å². The first-order valence-electron chi connectivity index (χ1n) is 8.20. The van der Waals surface area contributed by atoms with Gasteiger partial charge >= 0.3 is 21.3 Å². The van der Waals surface area contributed by atoms with Gasteiger partial charge in [0, 0.05) is 17.0 Å². The lowest BCUT2D eigenvalue weighted by Crippen LogP contribution is -2.28. The Bertz CT molecular complexity index is 1190. The summed E-state index contributed by atoms with van der Waals surface area (Å²) in [7, 11) is -5.88. The van der Waals surface area contributed by atoms with Gasteiger partial charge in [-0.1, -0.05) is 31.2 Å². The van der Waals surface area contributed by atoms with Crippen molar-refractivity contribution in [3.05, 3.63) is 64.0 Å². The van der Waals surface area contributed by atoms with Gasteiger partial charge in [0.05, 0.1) is 0 Å². The summed E-state index contributed by atoms with van der Waals surface area (Å²) in [6, 6.07) is 10.3. The zero-order valence-electron chi connectivity index (χ0n) is 14.8. The second-order valence-corrected chi connectivity index (χ2v) is 7.66. The van der Waals surface area contributed by atoms with Crippen molar-refractivity contribution in [2.45, 2.75) is 25.8 Å². The lowest BCUT2D eigenvalue weighted by atomic mass is 10.00. The van der Waals surface area contributed by atoms with Crippen LogP contribution in [0.15, 0.2) is 51.7 Å². The highest BCUT2D eigenvalue weighted by Gasteiger charge is 2.48. The monoisotopic (exact) mass is 412 g/mol. The zero-order valence-corrected chi connectivity index (χ0v) is 15.6. The Hall–Kier alpha value is -2.81. The minimum absolute atomic E-state index is 0.0525. The molecule has 0 radical (unpaired) electrons. The maximum Gasteiger partial charge on any atom is 0.534 e. The summed E-state index contributed by atoms with van der Waals surface area (Å²) in [5, 5.41) is 0.265. The predicted octanol–water partition coefficient (Wildman–Crippen LogP) is 4.56. The molecule has 0 aliphatic carbocycles. The molecule has 0 fully saturated rings. The van der Waals surface area contributed by atoms with Crippen LogP contribution in [0.1, 0.15) is 18.1 Å². The van der Waals surface area contributed by atoms with Crippen LogP contribution in [0.2, 0.25) is 0 Å². The minimum Gasteiger partial charge on any atom is -0.423 e. The molecule has 0 aliphatic rings. The van der Waals surface area contributed by atoms with Crippen molar-refractivity contribution in [1.82, 2.24) is 0 Å². The zero-order chi connectivity index (χ0) is 20.7. The first-order chi connectivity index (χ1) is 13.0. The Morgan fingerprint density at radius 1 is 1.07 bits per heavy atom. The molecular weight excluding hydrogens is 397 g/mol. The van der Waals surface area contributed by atoms with Crippen LogP contribution >= 0.6 is 0 Å². The van der Waals surface area contributed by atoms with Gasteiger partial charge in [-0.15, -0.1) is 0 Å². The summed E-state index contributed by atoms with van der Waals surface area (Å²) in [4.78, 5) is 11.6. The van der Waals surface area contributed by atoms with Crippen molar-refractivity contribution in [2.24, 2.45) is 0 Å². The molecule has 1 heterocycles. The molecule has 0 amide bonds. The highest BCUT2D eigenvalue weighted by atomic mass is 32.2. The molecular formula is C19H15F3O5S. The number of aryl methyl sites for hydroxylation is 2. The quantitative estimate of drug-likeness (QED) is 0.357. The highest BCUT2D eigenvalue weighted by molar-refractivity contribution is 7.88. The maximum atomic E-state index is 12.8. The maximum absolute atomic E-state index is 12.8. The van der Waals surface area contributed by atoms with Crippen molar-refractivity contribution in [1.29, 1.82) is 0 Å². The second-order valence-electron chi connectivity index (χ2n) is 6.13. The number of halogens is 3. The van der Waals surface area contributed by atoms with Crippen LogP contribution < -0.4 is 9.81 Å². The van der Waals surface area contributed by atoms with E-state index >= 15 is 0 Å². The highest BCUT2D eigenvalue weighted by Crippen LogP contribution is 2.38. The minimum atomic E-state index is -5.88. The van der Waals surface area contributed by atoms with E-state index in [0.717, 1.165) is 24.1 Å². The molecule has 28 heavy (non-hydrogen) atoms. The van der Waals surface area contributed by atoms with Crippen molar-refractivity contribution < 1.29 is 30.2 Å². The molecule has 3 rings (SSSR count). The first-order valence-corrected chi connectivity index (χ1v) is 9.61. The number of alkyl halides is 3. The van der Waals surface area contributed by atoms with Crippen LogP contribution in [0, 0.1) is 6.92 Å². The fourth-order valence-electron chi connectivity index (χ4n) is 2.72. The van der Waals surface area contributed by atoms with E-state index in [1.54, 1.807) is 31.2 Å². The largest absolute Gasteiger partial charge is 0.534 e. The molecule has 3 aromatic rings. The normalized spacial score (nSPS) is 12.3. The van der Waals surface area contributed by atoms with E-state index in [-0.39, 0.29) is 16.5 Å². The molecule has 0 saturated carbocycles. The topological polar surface area (TPSA) is 73.6 Å². The van der Waals surface area contributed by atoms with Crippen LogP contribution in [0.25, 0.3) is 22.1 Å². The summed E-state index contributed by atoms with van der Waals surface area (Å²) in [5.41, 5.74) is -4.24. The fraction of sp³-hybridized carbons (Fsp3) is 0.211. The molecule has 0 atom stereocenters. The fourth-order valence-corrected chi connectivity index (χ4v) is 3.19. The van der Waals surface area contributed by atoms with Gasteiger partial charge in [-0.05, 0) is 42.2 Å². The van der Waals surface area contributed by atoms with Gasteiger partial charge in [-0.25, -0.2) is 4.79 Å². The van der Waals surface area contributed by atoms with Gasteiger partial charge in [-0.2, -0.15) is 21.6 Å². The first kappa shape index (κ1) is 19.9. The molecule has 0 unspecified atom stereocenters. The van der Waals surface area contributed by atoms with Crippen LogP contribution in [0.3, 0.4) is 0 Å². The Morgan fingerprint density at radius 2 is 1.71 bits per heavy atom. The van der Waals surface area contributed by atoms with Gasteiger partial charge in [0.25, 0.3) is 0 Å². The summed E-state index contributed by atoms with van der Waals surface area (Å²) < 4.78 is 71.1. The lowest BCUT2D eigenvalue weighted by molar-refractivity contribution is -0.0499. The van der Waals surface area contributed by atoms with Crippen molar-refractivity contribution >= 4 is 21.1 Å².